The van der Waals surface area contributed by atoms with E-state index in [1.54, 1.807) is 0 Å². The van der Waals surface area contributed by atoms with Crippen LogP contribution in [0.1, 0.15) is 12.8 Å². The van der Waals surface area contributed by atoms with E-state index >= 15 is 0 Å². The lowest BCUT2D eigenvalue weighted by molar-refractivity contribution is 0.675. The highest BCUT2D eigenvalue weighted by Gasteiger charge is 2.15. The second kappa shape index (κ2) is 4.53. The third-order valence-corrected chi connectivity index (χ3v) is 2.55. The molecule has 0 aliphatic carbocycles. The van der Waals surface area contributed by atoms with Gasteiger partial charge in [-0.25, -0.2) is 0 Å². The van der Waals surface area contributed by atoms with Crippen LogP contribution in [-0.4, -0.2) is 12.4 Å². The Morgan fingerprint density at radius 1 is 1.21 bits per heavy atom. The number of rotatable bonds is 4. The molecule has 14 heavy (non-hydrogen) atoms. The highest BCUT2D eigenvalue weighted by Crippen LogP contribution is 2.27. The Morgan fingerprint density at radius 3 is 2.93 bits per heavy atom. The van der Waals surface area contributed by atoms with Gasteiger partial charge < -0.3 is 5.43 Å². The number of halogens is 1. The lowest BCUT2D eigenvalue weighted by atomic mass is 10.2. The lowest BCUT2D eigenvalue weighted by Gasteiger charge is -2.17. The normalized spacial score (nSPS) is 13.9. The average Bonchev–Trinajstić information content (AvgIpc) is 2.63. The predicted octanol–water partition coefficient (Wildman–Crippen LogP) is 2.36. The fourth-order valence-electron chi connectivity index (χ4n) is 1.54. The van der Waals surface area contributed by atoms with E-state index in [-0.39, 0.29) is 0 Å². The van der Waals surface area contributed by atoms with E-state index < -0.39 is 0 Å². The van der Waals surface area contributed by atoms with E-state index in [1.165, 1.54) is 5.69 Å². The van der Waals surface area contributed by atoms with E-state index in [1.807, 2.05) is 12.1 Å². The zero-order chi connectivity index (χ0) is 9.80. The van der Waals surface area contributed by atoms with Gasteiger partial charge in [0.15, 0.2) is 0 Å². The number of unbranched alkanes of at least 4 members (excludes halogenated alkanes) is 1. The predicted molar refractivity (Wildman–Crippen MR) is 60.5 cm³/mol. The smallest absolute Gasteiger partial charge is 0.0782 e. The van der Waals surface area contributed by atoms with Crippen LogP contribution >= 0.6 is 11.6 Å². The quantitative estimate of drug-likeness (QED) is 0.592. The molecule has 1 aromatic rings. The van der Waals surface area contributed by atoms with Gasteiger partial charge in [0.05, 0.1) is 11.4 Å². The molecule has 1 aliphatic rings. The summed E-state index contributed by atoms with van der Waals surface area (Å²) in [5.41, 5.74) is 8.59. The van der Waals surface area contributed by atoms with Crippen LogP contribution in [0, 0.1) is 0 Å². The molecule has 0 atom stereocenters. The van der Waals surface area contributed by atoms with Crippen molar-refractivity contribution < 1.29 is 0 Å². The maximum atomic E-state index is 5.63. The number of benzene rings is 1. The highest BCUT2D eigenvalue weighted by molar-refractivity contribution is 6.17. The summed E-state index contributed by atoms with van der Waals surface area (Å²) in [7, 11) is 0. The molecule has 2 rings (SSSR count). The molecule has 0 aromatic heterocycles. The molecule has 3 nitrogen and oxygen atoms in total. The first-order valence-electron chi connectivity index (χ1n) is 4.86. The van der Waals surface area contributed by atoms with Crippen LogP contribution in [0.15, 0.2) is 24.3 Å². The fraction of sp³-hybridized carbons (Fsp3) is 0.400. The molecule has 1 heterocycles. The molecular formula is C10H14ClN3. The van der Waals surface area contributed by atoms with Crippen LogP contribution in [0.2, 0.25) is 0 Å². The minimum Gasteiger partial charge on any atom is -0.302 e. The number of nitrogens with one attached hydrogen (secondary N) is 2. The number of hydrogen-bond acceptors (Lipinski definition) is 3. The van der Waals surface area contributed by atoms with Gasteiger partial charge in [-0.1, -0.05) is 12.1 Å². The fourth-order valence-corrected chi connectivity index (χ4v) is 1.73. The number of hydrazine groups is 2. The molecule has 0 radical (unpaired) electrons. The van der Waals surface area contributed by atoms with Crippen molar-refractivity contribution in [3.05, 3.63) is 24.3 Å². The third kappa shape index (κ3) is 1.94. The molecule has 4 heteroatoms. The van der Waals surface area contributed by atoms with Gasteiger partial charge in [0, 0.05) is 12.4 Å². The van der Waals surface area contributed by atoms with E-state index in [9.17, 15) is 0 Å². The van der Waals surface area contributed by atoms with Crippen molar-refractivity contribution in [3.8, 4) is 0 Å². The van der Waals surface area contributed by atoms with Crippen LogP contribution in [0.3, 0.4) is 0 Å². The first-order valence-corrected chi connectivity index (χ1v) is 5.39. The van der Waals surface area contributed by atoms with E-state index in [0.29, 0.717) is 0 Å². The van der Waals surface area contributed by atoms with Gasteiger partial charge in [-0.3, -0.25) is 5.01 Å². The third-order valence-electron chi connectivity index (χ3n) is 2.29. The van der Waals surface area contributed by atoms with Crippen molar-refractivity contribution in [1.29, 1.82) is 0 Å². The Bertz CT molecular complexity index is 303. The second-order valence-corrected chi connectivity index (χ2v) is 3.68. The standard InChI is InChI=1S/C10H14ClN3/c11-7-3-4-8-14-10-6-2-1-5-9(10)12-13-14/h1-2,5-6,12-13H,3-4,7-8H2. The minimum atomic E-state index is 0.739. The second-order valence-electron chi connectivity index (χ2n) is 3.30. The summed E-state index contributed by atoms with van der Waals surface area (Å²) >= 11 is 5.63. The van der Waals surface area contributed by atoms with E-state index in [2.05, 4.69) is 28.1 Å². The molecular weight excluding hydrogens is 198 g/mol. The topological polar surface area (TPSA) is 27.3 Å². The van der Waals surface area contributed by atoms with Gasteiger partial charge in [-0.2, -0.15) is 0 Å². The highest BCUT2D eigenvalue weighted by atomic mass is 35.5. The Kier molecular flexibility index (Phi) is 3.11. The SMILES string of the molecule is ClCCCCN1NNc2ccccc21. The Morgan fingerprint density at radius 2 is 2.07 bits per heavy atom. The number of fused-ring (bicyclic) bond motifs is 1. The van der Waals surface area contributed by atoms with Crippen molar-refractivity contribution in [2.24, 2.45) is 0 Å². The zero-order valence-electron chi connectivity index (χ0n) is 7.96. The molecule has 2 N–H and O–H groups in total. The largest absolute Gasteiger partial charge is 0.302 e. The lowest BCUT2D eigenvalue weighted by Crippen LogP contribution is -2.36. The Hall–Kier alpha value is -0.930. The summed E-state index contributed by atoms with van der Waals surface area (Å²) in [6, 6.07) is 8.23. The summed E-state index contributed by atoms with van der Waals surface area (Å²) in [4.78, 5) is 0. The average molecular weight is 212 g/mol. The van der Waals surface area contributed by atoms with Crippen LogP contribution in [0.5, 0.6) is 0 Å². The van der Waals surface area contributed by atoms with Crippen LogP contribution in [0.25, 0.3) is 0 Å². The maximum Gasteiger partial charge on any atom is 0.0782 e. The molecule has 0 spiro atoms. The first-order chi connectivity index (χ1) is 6.92. The van der Waals surface area contributed by atoms with E-state index in [4.69, 9.17) is 11.6 Å². The zero-order valence-corrected chi connectivity index (χ0v) is 8.72. The summed E-state index contributed by atoms with van der Waals surface area (Å²) in [6.45, 7) is 0.983. The maximum absolute atomic E-state index is 5.63. The Labute approximate surface area is 89.0 Å². The molecule has 0 bridgehead atoms. The van der Waals surface area contributed by atoms with Gasteiger partial charge in [-0.15, -0.1) is 17.1 Å². The monoisotopic (exact) mass is 211 g/mol. The summed E-state index contributed by atoms with van der Waals surface area (Å²) in [6.07, 6.45) is 2.16. The van der Waals surface area contributed by atoms with Crippen LogP contribution in [0.4, 0.5) is 11.4 Å². The minimum absolute atomic E-state index is 0.739. The number of alkyl halides is 1. The van der Waals surface area contributed by atoms with Gasteiger partial charge in [0.2, 0.25) is 0 Å². The van der Waals surface area contributed by atoms with Gasteiger partial charge in [0.1, 0.15) is 0 Å². The molecule has 0 unspecified atom stereocenters. The number of para-hydroxylation sites is 2. The Balaban J connectivity index is 1.96. The molecule has 76 valence electrons. The van der Waals surface area contributed by atoms with Crippen molar-refractivity contribution >= 4 is 23.0 Å². The summed E-state index contributed by atoms with van der Waals surface area (Å²) in [5, 5.41) is 2.11. The molecule has 1 aromatic carbocycles. The van der Waals surface area contributed by atoms with Crippen LogP contribution < -0.4 is 16.0 Å². The van der Waals surface area contributed by atoms with Gasteiger partial charge >= 0.3 is 0 Å². The van der Waals surface area contributed by atoms with Gasteiger partial charge in [0.25, 0.3) is 0 Å². The number of hydrogen-bond donors (Lipinski definition) is 2. The first kappa shape index (κ1) is 9.62. The van der Waals surface area contributed by atoms with Crippen molar-refractivity contribution in [2.75, 3.05) is 22.9 Å². The van der Waals surface area contributed by atoms with Crippen molar-refractivity contribution in [2.45, 2.75) is 12.8 Å². The molecule has 1 aliphatic heterocycles. The number of anilines is 2. The summed E-state index contributed by atoms with van der Waals surface area (Å²) < 4.78 is 0. The van der Waals surface area contributed by atoms with E-state index in [0.717, 1.165) is 31.0 Å². The number of nitrogens with zero attached hydrogens (tertiary/aromatic N) is 1. The van der Waals surface area contributed by atoms with Gasteiger partial charge in [-0.05, 0) is 25.0 Å². The van der Waals surface area contributed by atoms with Crippen molar-refractivity contribution in [3.63, 3.8) is 0 Å². The molecule has 0 amide bonds. The molecule has 0 saturated carbocycles. The van der Waals surface area contributed by atoms with Crippen molar-refractivity contribution in [1.82, 2.24) is 5.53 Å². The molecule has 0 fully saturated rings. The molecule has 0 saturated heterocycles. The van der Waals surface area contributed by atoms with Crippen LogP contribution in [-0.2, 0) is 0 Å². The summed E-state index contributed by atoms with van der Waals surface area (Å²) in [5.74, 6) is 0.739.